The summed E-state index contributed by atoms with van der Waals surface area (Å²) in [6.07, 6.45) is 9.73. The Bertz CT molecular complexity index is 2010. The van der Waals surface area contributed by atoms with Gasteiger partial charge in [-0.3, -0.25) is 19.1 Å². The average molecular weight is 761 g/mol. The Hall–Kier alpha value is -5.21. The van der Waals surface area contributed by atoms with Gasteiger partial charge in [0.25, 0.3) is 5.91 Å². The number of nitrogens with one attached hydrogen (secondary N) is 4. The van der Waals surface area contributed by atoms with Crippen molar-refractivity contribution >= 4 is 34.8 Å². The van der Waals surface area contributed by atoms with E-state index in [1.165, 1.54) is 0 Å². The smallest absolute Gasteiger partial charge is 0.264 e. The number of anilines is 3. The maximum Gasteiger partial charge on any atom is 0.264 e. The van der Waals surface area contributed by atoms with Gasteiger partial charge in [0.2, 0.25) is 11.8 Å². The van der Waals surface area contributed by atoms with Gasteiger partial charge in [-0.15, -0.1) is 5.10 Å². The van der Waals surface area contributed by atoms with Crippen molar-refractivity contribution in [3.8, 4) is 0 Å². The highest BCUT2D eigenvalue weighted by Gasteiger charge is 2.52. The molecule has 1 aromatic heterocycles. The molecule has 4 heterocycles. The van der Waals surface area contributed by atoms with Crippen LogP contribution in [-0.4, -0.2) is 75.7 Å². The monoisotopic (exact) mass is 760 g/mol. The van der Waals surface area contributed by atoms with Crippen LogP contribution >= 0.6 is 0 Å². The van der Waals surface area contributed by atoms with E-state index in [1.54, 1.807) is 27.8 Å². The maximum absolute atomic E-state index is 14.4. The number of nitrogens with zero attached hydrogens (tertiary/aromatic N) is 4. The number of aliphatic hydroxyl groups excluding tert-OH is 1. The van der Waals surface area contributed by atoms with Gasteiger partial charge in [0.05, 0.1) is 42.3 Å². The Kier molecular flexibility index (Phi) is 12.4. The predicted molar refractivity (Wildman–Crippen MR) is 215 cm³/mol. The molecule has 13 nitrogen and oxygen atoms in total. The van der Waals surface area contributed by atoms with Gasteiger partial charge in [0.15, 0.2) is 5.60 Å². The van der Waals surface area contributed by atoms with E-state index in [0.717, 1.165) is 49.9 Å². The van der Waals surface area contributed by atoms with Gasteiger partial charge in [-0.2, -0.15) is 0 Å². The summed E-state index contributed by atoms with van der Waals surface area (Å²) in [5, 5.41) is 43.7. The fraction of sp³-hybridized carbons (Fsp3) is 0.419. The predicted octanol–water partition coefficient (Wildman–Crippen LogP) is 4.30. The van der Waals surface area contributed by atoms with Crippen LogP contribution < -0.4 is 26.2 Å². The molecule has 0 radical (unpaired) electrons. The van der Waals surface area contributed by atoms with Crippen molar-refractivity contribution in [2.75, 3.05) is 48.3 Å². The van der Waals surface area contributed by atoms with Gasteiger partial charge in [-0.25, -0.2) is 0 Å². The average Bonchev–Trinajstić information content (AvgIpc) is 3.78. The Balaban J connectivity index is 1.07. The van der Waals surface area contributed by atoms with Crippen LogP contribution in [0, 0.1) is 17.8 Å². The number of amides is 3. The van der Waals surface area contributed by atoms with E-state index in [1.807, 2.05) is 79.9 Å². The summed E-state index contributed by atoms with van der Waals surface area (Å²) >= 11 is 0. The molecule has 4 aromatic rings. The number of hydrogen-bond donors (Lipinski definition) is 6. The molecule has 0 aliphatic carbocycles. The number of allylic oxidation sites excluding steroid dienone is 1. The summed E-state index contributed by atoms with van der Waals surface area (Å²) in [7, 11) is 0. The van der Waals surface area contributed by atoms with Crippen LogP contribution in [0.4, 0.5) is 17.1 Å². The van der Waals surface area contributed by atoms with E-state index in [4.69, 9.17) is 0 Å². The molecule has 2 fully saturated rings. The number of hydrogen-bond acceptors (Lipinski definition) is 9. The van der Waals surface area contributed by atoms with E-state index < -0.39 is 17.4 Å². The zero-order valence-corrected chi connectivity index (χ0v) is 31.9. The third-order valence-electron chi connectivity index (χ3n) is 11.3. The molecule has 13 heteroatoms. The minimum atomic E-state index is -1.90. The molecule has 56 heavy (non-hydrogen) atoms. The lowest BCUT2D eigenvalue weighted by Crippen LogP contribution is -2.44. The Morgan fingerprint density at radius 1 is 0.946 bits per heavy atom. The van der Waals surface area contributed by atoms with Crippen molar-refractivity contribution in [2.45, 2.75) is 63.6 Å². The van der Waals surface area contributed by atoms with Crippen molar-refractivity contribution < 1.29 is 24.6 Å². The molecule has 3 amide bonds. The van der Waals surface area contributed by atoms with E-state index >= 15 is 0 Å². The number of carbonyl (C=O) groups is 3. The fourth-order valence-electron chi connectivity index (χ4n) is 7.98. The van der Waals surface area contributed by atoms with Crippen molar-refractivity contribution in [3.05, 3.63) is 114 Å². The van der Waals surface area contributed by atoms with Gasteiger partial charge in [0.1, 0.15) is 0 Å². The van der Waals surface area contributed by atoms with Crippen LogP contribution in [-0.2, 0) is 33.1 Å². The number of fused-ring (bicyclic) bond motifs is 1. The second kappa shape index (κ2) is 17.7. The van der Waals surface area contributed by atoms with E-state index in [0.29, 0.717) is 54.4 Å². The minimum absolute atomic E-state index is 0.00668. The van der Waals surface area contributed by atoms with Gasteiger partial charge in [-0.1, -0.05) is 66.8 Å². The minimum Gasteiger partial charge on any atom is -0.395 e. The van der Waals surface area contributed by atoms with Crippen LogP contribution in [0.15, 0.2) is 91.1 Å². The molecule has 3 aliphatic rings. The number of rotatable bonds is 14. The molecule has 7 rings (SSSR count). The lowest BCUT2D eigenvalue weighted by Gasteiger charge is -2.28. The number of aromatic nitrogens is 3. The van der Waals surface area contributed by atoms with E-state index in [9.17, 15) is 24.6 Å². The van der Waals surface area contributed by atoms with Crippen LogP contribution in [0.1, 0.15) is 67.3 Å². The summed E-state index contributed by atoms with van der Waals surface area (Å²) in [5.41, 5.74) is 2.79. The third kappa shape index (κ3) is 8.61. The fourth-order valence-corrected chi connectivity index (χ4v) is 7.98. The first-order chi connectivity index (χ1) is 27.2. The first-order valence-electron chi connectivity index (χ1n) is 19.8. The molecule has 5 atom stereocenters. The number of piperidine rings is 2. The number of aliphatic hydroxyl groups is 2. The summed E-state index contributed by atoms with van der Waals surface area (Å²) < 4.78 is 1.73. The Morgan fingerprint density at radius 2 is 1.61 bits per heavy atom. The summed E-state index contributed by atoms with van der Waals surface area (Å²) in [5.74, 6) is -1.67. The van der Waals surface area contributed by atoms with Gasteiger partial charge >= 0.3 is 0 Å². The molecule has 0 spiro atoms. The molecule has 2 saturated heterocycles. The molecule has 0 bridgehead atoms. The number of aryl methyl sites for hydroxylation is 1. The van der Waals surface area contributed by atoms with Crippen LogP contribution in [0.5, 0.6) is 0 Å². The zero-order chi connectivity index (χ0) is 39.1. The molecule has 0 saturated carbocycles. The van der Waals surface area contributed by atoms with Crippen molar-refractivity contribution in [3.63, 3.8) is 0 Å². The maximum atomic E-state index is 14.4. The molecule has 3 aliphatic heterocycles. The molecule has 294 valence electrons. The van der Waals surface area contributed by atoms with E-state index in [2.05, 4.69) is 31.6 Å². The number of benzene rings is 3. The van der Waals surface area contributed by atoms with E-state index in [-0.39, 0.29) is 42.7 Å². The summed E-state index contributed by atoms with van der Waals surface area (Å²) in [6.45, 7) is 5.56. The second-order valence-corrected chi connectivity index (χ2v) is 15.2. The topological polar surface area (TPSA) is 174 Å². The molecule has 3 aromatic carbocycles. The van der Waals surface area contributed by atoms with Gasteiger partial charge < -0.3 is 36.4 Å². The highest BCUT2D eigenvalue weighted by molar-refractivity contribution is 6.08. The Labute approximate surface area is 327 Å². The molecule has 6 N–H and O–H groups in total. The lowest BCUT2D eigenvalue weighted by molar-refractivity contribution is -0.139. The standard InChI is InChI=1S/C43H52N8O5/c1-29(9-5-6-22-50-27-38(48-49-50)36(28-52)31-10-3-2-4-11-31)43(56)37-23-35(47-41(54)33-13-8-21-45-25-33)18-19-39(37)51(42(43)55)26-30-14-16-34(17-15-30)46-40(53)32-12-7-20-44-24-32/h2-5,9-11,14-19,23,27,29,32-33,36,44-45,52,56H,6-8,12-13,20-22,24-26,28H2,1H3,(H,46,53)(H,47,54)/b9-5+/t29-,32?,33?,36?,43+/m0/s1. The van der Waals surface area contributed by atoms with Crippen molar-refractivity contribution in [1.29, 1.82) is 0 Å². The van der Waals surface area contributed by atoms with Crippen molar-refractivity contribution in [1.82, 2.24) is 25.6 Å². The summed E-state index contributed by atoms with van der Waals surface area (Å²) in [6, 6.07) is 22.4. The van der Waals surface area contributed by atoms with Crippen LogP contribution in [0.2, 0.25) is 0 Å². The van der Waals surface area contributed by atoms with Crippen LogP contribution in [0.25, 0.3) is 0 Å². The molecule has 3 unspecified atom stereocenters. The highest BCUT2D eigenvalue weighted by atomic mass is 16.3. The van der Waals surface area contributed by atoms with Crippen LogP contribution in [0.3, 0.4) is 0 Å². The zero-order valence-electron chi connectivity index (χ0n) is 31.9. The largest absolute Gasteiger partial charge is 0.395 e. The molecular formula is C43H52N8O5. The highest BCUT2D eigenvalue weighted by Crippen LogP contribution is 2.47. The molecular weight excluding hydrogens is 709 g/mol. The van der Waals surface area contributed by atoms with Gasteiger partial charge in [0, 0.05) is 48.7 Å². The first-order valence-corrected chi connectivity index (χ1v) is 19.8. The number of carbonyl (C=O) groups excluding carboxylic acids is 3. The Morgan fingerprint density at radius 3 is 2.25 bits per heavy atom. The quantitative estimate of drug-likeness (QED) is 0.103. The lowest BCUT2D eigenvalue weighted by atomic mass is 9.82. The second-order valence-electron chi connectivity index (χ2n) is 15.2. The van der Waals surface area contributed by atoms with Crippen molar-refractivity contribution in [2.24, 2.45) is 17.8 Å². The summed E-state index contributed by atoms with van der Waals surface area (Å²) in [4.78, 5) is 42.0. The first kappa shape index (κ1) is 39.0. The SMILES string of the molecule is C[C@@H](/C=C/CCn1cc(C(CO)c2ccccc2)nn1)[C@]1(O)C(=O)N(Cc2ccc(NC(=O)C3CCCNC3)cc2)c2ccc(NC(=O)C3CCCNC3)cc21. The van der Waals surface area contributed by atoms with Gasteiger partial charge in [-0.05, 0) is 86.7 Å². The normalized spacial score (nSPS) is 22.1. The third-order valence-corrected chi connectivity index (χ3v) is 11.3.